The molecule has 0 radical (unpaired) electrons. The highest BCUT2D eigenvalue weighted by molar-refractivity contribution is 6.35. The lowest BCUT2D eigenvalue weighted by atomic mass is 9.98. The second-order valence-electron chi connectivity index (χ2n) is 5.42. The highest BCUT2D eigenvalue weighted by Gasteiger charge is 2.33. The zero-order chi connectivity index (χ0) is 17.3. The fraction of sp³-hybridized carbons (Fsp3) is 0.111. The van der Waals surface area contributed by atoms with Crippen molar-refractivity contribution in [3.63, 3.8) is 0 Å². The van der Waals surface area contributed by atoms with E-state index in [2.05, 4.69) is 5.32 Å². The second-order valence-corrected chi connectivity index (χ2v) is 5.82. The molecule has 0 aliphatic carbocycles. The van der Waals surface area contributed by atoms with Gasteiger partial charge in [0.25, 0.3) is 5.91 Å². The Kier molecular flexibility index (Phi) is 4.27. The van der Waals surface area contributed by atoms with E-state index in [9.17, 15) is 9.59 Å². The smallest absolute Gasteiger partial charge is 0.409 e. The molecule has 0 fully saturated rings. The number of halogens is 1. The number of hydrogen-bond donors (Lipinski definition) is 2. The highest BCUT2D eigenvalue weighted by Crippen LogP contribution is 2.35. The van der Waals surface area contributed by atoms with Crippen LogP contribution in [-0.4, -0.2) is 18.0 Å². The number of rotatable bonds is 3. The number of hydrogen-bond acceptors (Lipinski definition) is 3. The maximum Gasteiger partial charge on any atom is 0.409 e. The van der Waals surface area contributed by atoms with E-state index in [1.54, 1.807) is 19.1 Å². The standard InChI is InChI=1S/C18H15ClN2O3/c1-10-16(24-18(20)23)15(17(22)21-10)13-9-12(7-8-14(13)19)11-5-3-2-4-6-11/h2-10H,1H3,(H2,20,23)(H,21,22). The molecule has 2 aromatic rings. The summed E-state index contributed by atoms with van der Waals surface area (Å²) in [5, 5.41) is 3.09. The minimum absolute atomic E-state index is 0.180. The summed E-state index contributed by atoms with van der Waals surface area (Å²) in [6.07, 6.45) is -0.971. The third kappa shape index (κ3) is 2.98. The summed E-state index contributed by atoms with van der Waals surface area (Å²) < 4.78 is 5.04. The van der Waals surface area contributed by atoms with E-state index in [4.69, 9.17) is 22.1 Å². The van der Waals surface area contributed by atoms with Crippen LogP contribution in [0.3, 0.4) is 0 Å². The SMILES string of the molecule is CC1NC(=O)C(c2cc(-c3ccccc3)ccc2Cl)=C1OC(N)=O. The topological polar surface area (TPSA) is 81.4 Å². The van der Waals surface area contributed by atoms with Crippen LogP contribution in [0.2, 0.25) is 5.02 Å². The molecule has 1 aliphatic rings. The Hall–Kier alpha value is -2.79. The van der Waals surface area contributed by atoms with Crippen LogP contribution < -0.4 is 11.1 Å². The van der Waals surface area contributed by atoms with Crippen molar-refractivity contribution < 1.29 is 14.3 Å². The average Bonchev–Trinajstić information content (AvgIpc) is 2.82. The van der Waals surface area contributed by atoms with Gasteiger partial charge in [0.15, 0.2) is 0 Å². The fourth-order valence-electron chi connectivity index (χ4n) is 2.69. The van der Waals surface area contributed by atoms with Crippen molar-refractivity contribution in [2.24, 2.45) is 5.73 Å². The lowest BCUT2D eigenvalue weighted by Gasteiger charge is -2.11. The third-order valence-corrected chi connectivity index (χ3v) is 4.10. The Labute approximate surface area is 144 Å². The molecule has 3 rings (SSSR count). The minimum Gasteiger partial charge on any atom is -0.412 e. The van der Waals surface area contributed by atoms with Crippen molar-refractivity contribution in [3.05, 3.63) is 64.9 Å². The van der Waals surface area contributed by atoms with Gasteiger partial charge in [-0.25, -0.2) is 4.79 Å². The largest absolute Gasteiger partial charge is 0.412 e. The van der Waals surface area contributed by atoms with Crippen LogP contribution in [0.25, 0.3) is 16.7 Å². The maximum absolute atomic E-state index is 12.3. The summed E-state index contributed by atoms with van der Waals surface area (Å²) in [4.78, 5) is 23.5. The molecule has 0 spiro atoms. The summed E-state index contributed by atoms with van der Waals surface area (Å²) >= 11 is 6.29. The van der Waals surface area contributed by atoms with Gasteiger partial charge in [-0.05, 0) is 30.2 Å². The molecular weight excluding hydrogens is 328 g/mol. The molecule has 122 valence electrons. The van der Waals surface area contributed by atoms with Crippen LogP contribution >= 0.6 is 11.6 Å². The Morgan fingerprint density at radius 2 is 1.88 bits per heavy atom. The zero-order valence-electron chi connectivity index (χ0n) is 12.9. The van der Waals surface area contributed by atoms with Gasteiger partial charge in [-0.2, -0.15) is 0 Å². The summed E-state index contributed by atoms with van der Waals surface area (Å²) in [7, 11) is 0. The van der Waals surface area contributed by atoms with Crippen LogP contribution in [0.15, 0.2) is 54.3 Å². The van der Waals surface area contributed by atoms with Gasteiger partial charge in [0, 0.05) is 10.6 Å². The molecule has 0 bridgehead atoms. The lowest BCUT2D eigenvalue weighted by molar-refractivity contribution is -0.115. The summed E-state index contributed by atoms with van der Waals surface area (Å²) in [6.45, 7) is 1.71. The first-order valence-electron chi connectivity index (χ1n) is 7.35. The van der Waals surface area contributed by atoms with Crippen LogP contribution in [0, 0.1) is 0 Å². The number of carbonyl (C=O) groups excluding carboxylic acids is 2. The van der Waals surface area contributed by atoms with Gasteiger partial charge in [-0.1, -0.05) is 48.0 Å². The molecule has 1 atom stereocenters. The molecule has 1 unspecified atom stereocenters. The molecule has 6 heteroatoms. The van der Waals surface area contributed by atoms with Gasteiger partial charge >= 0.3 is 6.09 Å². The predicted octanol–water partition coefficient (Wildman–Crippen LogP) is 3.33. The summed E-state index contributed by atoms with van der Waals surface area (Å²) in [5.74, 6) is -0.175. The molecule has 1 heterocycles. The van der Waals surface area contributed by atoms with Gasteiger partial charge in [0.2, 0.25) is 0 Å². The Bertz CT molecular complexity index is 847. The monoisotopic (exact) mass is 342 g/mol. The first kappa shape index (κ1) is 16.1. The quantitative estimate of drug-likeness (QED) is 0.897. The molecular formula is C18H15ClN2O3. The van der Waals surface area contributed by atoms with Crippen LogP contribution in [-0.2, 0) is 9.53 Å². The Morgan fingerprint density at radius 1 is 1.17 bits per heavy atom. The van der Waals surface area contributed by atoms with Crippen molar-refractivity contribution in [1.29, 1.82) is 0 Å². The number of primary amides is 1. The van der Waals surface area contributed by atoms with E-state index in [0.717, 1.165) is 11.1 Å². The molecule has 2 amide bonds. The number of carbonyl (C=O) groups is 2. The van der Waals surface area contributed by atoms with E-state index < -0.39 is 12.1 Å². The summed E-state index contributed by atoms with van der Waals surface area (Å²) in [6, 6.07) is 14.6. The number of nitrogens with two attached hydrogens (primary N) is 1. The Morgan fingerprint density at radius 3 is 2.54 bits per heavy atom. The van der Waals surface area contributed by atoms with Crippen molar-refractivity contribution >= 4 is 29.2 Å². The van der Waals surface area contributed by atoms with Crippen LogP contribution in [0.5, 0.6) is 0 Å². The average molecular weight is 343 g/mol. The van der Waals surface area contributed by atoms with E-state index in [1.165, 1.54) is 0 Å². The van der Waals surface area contributed by atoms with Crippen LogP contribution in [0.1, 0.15) is 12.5 Å². The molecule has 0 saturated carbocycles. The normalized spacial score (nSPS) is 16.9. The molecule has 24 heavy (non-hydrogen) atoms. The first-order valence-corrected chi connectivity index (χ1v) is 7.73. The highest BCUT2D eigenvalue weighted by atomic mass is 35.5. The van der Waals surface area contributed by atoms with Crippen molar-refractivity contribution in [1.82, 2.24) is 5.32 Å². The lowest BCUT2D eigenvalue weighted by Crippen LogP contribution is -2.27. The van der Waals surface area contributed by atoms with E-state index >= 15 is 0 Å². The van der Waals surface area contributed by atoms with Gasteiger partial charge in [-0.3, -0.25) is 4.79 Å². The molecule has 5 nitrogen and oxygen atoms in total. The molecule has 1 aliphatic heterocycles. The number of benzene rings is 2. The van der Waals surface area contributed by atoms with Crippen molar-refractivity contribution in [2.75, 3.05) is 0 Å². The predicted molar refractivity (Wildman–Crippen MR) is 92.1 cm³/mol. The van der Waals surface area contributed by atoms with E-state index in [1.807, 2.05) is 36.4 Å². The Balaban J connectivity index is 2.15. The number of nitrogens with one attached hydrogen (secondary N) is 1. The zero-order valence-corrected chi connectivity index (χ0v) is 13.6. The molecule has 3 N–H and O–H groups in total. The second kappa shape index (κ2) is 6.37. The number of amides is 2. The van der Waals surface area contributed by atoms with E-state index in [0.29, 0.717) is 10.6 Å². The van der Waals surface area contributed by atoms with Gasteiger partial charge in [0.1, 0.15) is 5.76 Å². The fourth-order valence-corrected chi connectivity index (χ4v) is 2.90. The third-order valence-electron chi connectivity index (χ3n) is 3.77. The minimum atomic E-state index is -0.971. The van der Waals surface area contributed by atoms with Crippen molar-refractivity contribution in [2.45, 2.75) is 13.0 Å². The van der Waals surface area contributed by atoms with E-state index in [-0.39, 0.29) is 17.2 Å². The molecule has 2 aromatic carbocycles. The number of ether oxygens (including phenoxy) is 1. The van der Waals surface area contributed by atoms with Gasteiger partial charge in [0.05, 0.1) is 11.6 Å². The maximum atomic E-state index is 12.3. The van der Waals surface area contributed by atoms with Gasteiger partial charge in [-0.15, -0.1) is 0 Å². The summed E-state index contributed by atoms with van der Waals surface area (Å²) in [5.41, 5.74) is 7.72. The molecule has 0 aromatic heterocycles. The first-order chi connectivity index (χ1) is 11.5. The van der Waals surface area contributed by atoms with Gasteiger partial charge < -0.3 is 15.8 Å². The van der Waals surface area contributed by atoms with Crippen LogP contribution in [0.4, 0.5) is 4.79 Å². The van der Waals surface area contributed by atoms with Crippen molar-refractivity contribution in [3.8, 4) is 11.1 Å². The molecule has 0 saturated heterocycles.